The number of benzene rings is 2. The second kappa shape index (κ2) is 9.83. The number of pyridine rings is 1. The van der Waals surface area contributed by atoms with E-state index in [1.165, 1.54) is 17.7 Å². The highest BCUT2D eigenvalue weighted by Gasteiger charge is 2.15. The molecule has 4 nitrogen and oxygen atoms in total. The van der Waals surface area contributed by atoms with Crippen molar-refractivity contribution in [1.82, 2.24) is 9.97 Å². The third-order valence-corrected chi connectivity index (χ3v) is 6.36. The first-order chi connectivity index (χ1) is 15.5. The molecule has 1 N–H and O–H groups in total. The number of anilines is 1. The Balaban J connectivity index is 1.53. The number of aromatic nitrogens is 2. The zero-order valence-electron chi connectivity index (χ0n) is 18.1. The van der Waals surface area contributed by atoms with Crippen LogP contribution in [0.5, 0.6) is 0 Å². The summed E-state index contributed by atoms with van der Waals surface area (Å²) in [5, 5.41) is 3.95. The van der Waals surface area contributed by atoms with Crippen LogP contribution < -0.4 is 5.32 Å². The molecule has 0 aliphatic carbocycles. The smallest absolute Gasteiger partial charge is 0.225 e. The largest absolute Gasteiger partial charge is 0.311 e. The normalized spacial score (nSPS) is 10.8. The highest BCUT2D eigenvalue weighted by atomic mass is 32.1. The third kappa shape index (κ3) is 5.26. The predicted octanol–water partition coefficient (Wildman–Crippen LogP) is 6.45. The van der Waals surface area contributed by atoms with Crippen LogP contribution in [0.25, 0.3) is 21.7 Å². The van der Waals surface area contributed by atoms with Crippen molar-refractivity contribution in [3.05, 3.63) is 88.8 Å². The van der Waals surface area contributed by atoms with Crippen molar-refractivity contribution in [2.24, 2.45) is 0 Å². The van der Waals surface area contributed by atoms with Crippen LogP contribution in [0.3, 0.4) is 0 Å². The molecule has 2 heterocycles. The number of amides is 1. The van der Waals surface area contributed by atoms with Crippen molar-refractivity contribution in [2.75, 3.05) is 5.32 Å². The van der Waals surface area contributed by atoms with Gasteiger partial charge >= 0.3 is 0 Å². The lowest BCUT2D eigenvalue weighted by Gasteiger charge is -2.08. The quantitative estimate of drug-likeness (QED) is 0.355. The number of hydrogen-bond acceptors (Lipinski definition) is 4. The fraction of sp³-hybridized carbons (Fsp3) is 0.192. The Labute approximate surface area is 191 Å². The van der Waals surface area contributed by atoms with E-state index in [9.17, 15) is 9.18 Å². The average Bonchev–Trinajstić information content (AvgIpc) is 3.24. The van der Waals surface area contributed by atoms with Crippen LogP contribution in [-0.2, 0) is 17.6 Å². The predicted molar refractivity (Wildman–Crippen MR) is 128 cm³/mol. The minimum Gasteiger partial charge on any atom is -0.311 e. The first kappa shape index (κ1) is 21.8. The van der Waals surface area contributed by atoms with E-state index in [2.05, 4.69) is 42.3 Å². The van der Waals surface area contributed by atoms with Crippen LogP contribution in [0.15, 0.2) is 66.9 Å². The fourth-order valence-electron chi connectivity index (χ4n) is 3.45. The second-order valence-corrected chi connectivity index (χ2v) is 8.70. The standard InChI is InChI=1S/C26H24FN3OS/c1-3-24-30-25(19-6-4-5-17(2)15-19)26(32-24)20-13-14-28-22(16-20)29-23(31)12-9-18-7-10-21(27)11-8-18/h4-8,10-11,13-16H,3,9,12H2,1-2H3,(H,28,29,31). The molecule has 6 heteroatoms. The van der Waals surface area contributed by atoms with Gasteiger partial charge in [0.15, 0.2) is 0 Å². The minimum atomic E-state index is -0.279. The molecule has 4 rings (SSSR count). The summed E-state index contributed by atoms with van der Waals surface area (Å²) in [5.74, 6) is 0.100. The summed E-state index contributed by atoms with van der Waals surface area (Å²) in [5.41, 5.74) is 5.11. The van der Waals surface area contributed by atoms with Crippen LogP contribution >= 0.6 is 11.3 Å². The van der Waals surface area contributed by atoms with Crippen molar-refractivity contribution in [3.63, 3.8) is 0 Å². The molecule has 1 amide bonds. The number of halogens is 1. The van der Waals surface area contributed by atoms with Gasteiger partial charge in [-0.3, -0.25) is 4.79 Å². The number of nitrogens with zero attached hydrogens (tertiary/aromatic N) is 2. The maximum atomic E-state index is 13.0. The van der Waals surface area contributed by atoms with Crippen LogP contribution in [0.1, 0.15) is 29.5 Å². The molecule has 0 saturated heterocycles. The highest BCUT2D eigenvalue weighted by molar-refractivity contribution is 7.15. The molecule has 162 valence electrons. The molecule has 0 aliphatic heterocycles. The molecule has 0 saturated carbocycles. The molecule has 0 radical (unpaired) electrons. The third-order valence-electron chi connectivity index (χ3n) is 5.11. The summed E-state index contributed by atoms with van der Waals surface area (Å²) in [6, 6.07) is 18.4. The zero-order valence-corrected chi connectivity index (χ0v) is 18.9. The Morgan fingerprint density at radius 2 is 1.88 bits per heavy atom. The molecule has 32 heavy (non-hydrogen) atoms. The topological polar surface area (TPSA) is 54.9 Å². The number of carbonyl (C=O) groups is 1. The average molecular weight is 446 g/mol. The Morgan fingerprint density at radius 1 is 1.06 bits per heavy atom. The number of carbonyl (C=O) groups excluding carboxylic acids is 1. The van der Waals surface area contributed by atoms with Gasteiger partial charge in [-0.05, 0) is 61.2 Å². The highest BCUT2D eigenvalue weighted by Crippen LogP contribution is 2.37. The fourth-order valence-corrected chi connectivity index (χ4v) is 4.48. The van der Waals surface area contributed by atoms with Crippen molar-refractivity contribution in [1.29, 1.82) is 0 Å². The molecule has 0 fully saturated rings. The number of thiazole rings is 1. The van der Waals surface area contributed by atoms with Gasteiger partial charge in [-0.1, -0.05) is 42.8 Å². The summed E-state index contributed by atoms with van der Waals surface area (Å²) in [6.45, 7) is 4.17. The molecular formula is C26H24FN3OS. The van der Waals surface area contributed by atoms with Gasteiger partial charge in [0.25, 0.3) is 0 Å². The van der Waals surface area contributed by atoms with Gasteiger partial charge in [-0.25, -0.2) is 14.4 Å². The monoisotopic (exact) mass is 445 g/mol. The maximum absolute atomic E-state index is 13.0. The SMILES string of the molecule is CCc1nc(-c2cccc(C)c2)c(-c2ccnc(NC(=O)CCc3ccc(F)cc3)c2)s1. The Morgan fingerprint density at radius 3 is 2.62 bits per heavy atom. The molecule has 2 aromatic heterocycles. The van der Waals surface area contributed by atoms with Gasteiger partial charge in [0, 0.05) is 18.2 Å². The lowest BCUT2D eigenvalue weighted by molar-refractivity contribution is -0.116. The van der Waals surface area contributed by atoms with Crippen molar-refractivity contribution >= 4 is 23.1 Å². The molecular weight excluding hydrogens is 421 g/mol. The molecule has 0 atom stereocenters. The van der Waals surface area contributed by atoms with E-state index < -0.39 is 0 Å². The van der Waals surface area contributed by atoms with E-state index in [1.54, 1.807) is 29.7 Å². The lowest BCUT2D eigenvalue weighted by atomic mass is 10.1. The molecule has 0 spiro atoms. The minimum absolute atomic E-state index is 0.128. The molecule has 4 aromatic rings. The molecule has 0 unspecified atom stereocenters. The van der Waals surface area contributed by atoms with Gasteiger partial charge in [-0.15, -0.1) is 11.3 Å². The van der Waals surface area contributed by atoms with Crippen molar-refractivity contribution in [3.8, 4) is 21.7 Å². The van der Waals surface area contributed by atoms with Crippen LogP contribution in [0, 0.1) is 12.7 Å². The van der Waals surface area contributed by atoms with E-state index in [0.717, 1.165) is 38.7 Å². The van der Waals surface area contributed by atoms with Crippen LogP contribution in [-0.4, -0.2) is 15.9 Å². The summed E-state index contributed by atoms with van der Waals surface area (Å²) >= 11 is 1.67. The van der Waals surface area contributed by atoms with Crippen LogP contribution in [0.4, 0.5) is 10.2 Å². The summed E-state index contributed by atoms with van der Waals surface area (Å²) in [6.07, 6.45) is 3.41. The number of rotatable bonds is 7. The maximum Gasteiger partial charge on any atom is 0.225 e. The van der Waals surface area contributed by atoms with E-state index >= 15 is 0 Å². The van der Waals surface area contributed by atoms with E-state index in [0.29, 0.717) is 18.7 Å². The van der Waals surface area contributed by atoms with Crippen molar-refractivity contribution < 1.29 is 9.18 Å². The molecule has 0 bridgehead atoms. The van der Waals surface area contributed by atoms with Gasteiger partial charge in [-0.2, -0.15) is 0 Å². The number of nitrogens with one attached hydrogen (secondary N) is 1. The lowest BCUT2D eigenvalue weighted by Crippen LogP contribution is -2.13. The Kier molecular flexibility index (Phi) is 6.71. The Hall–Kier alpha value is -3.38. The number of aryl methyl sites for hydroxylation is 3. The van der Waals surface area contributed by atoms with E-state index in [4.69, 9.17) is 4.98 Å². The number of hydrogen-bond donors (Lipinski definition) is 1. The molecule has 0 aliphatic rings. The first-order valence-corrected chi connectivity index (χ1v) is 11.4. The molecule has 2 aromatic carbocycles. The van der Waals surface area contributed by atoms with Gasteiger partial charge in [0.1, 0.15) is 11.6 Å². The Bertz CT molecular complexity index is 1230. The van der Waals surface area contributed by atoms with Gasteiger partial charge in [0.2, 0.25) is 5.91 Å². The van der Waals surface area contributed by atoms with Gasteiger partial charge in [0.05, 0.1) is 15.6 Å². The van der Waals surface area contributed by atoms with Crippen molar-refractivity contribution in [2.45, 2.75) is 33.1 Å². The summed E-state index contributed by atoms with van der Waals surface area (Å²) in [7, 11) is 0. The zero-order chi connectivity index (χ0) is 22.5. The summed E-state index contributed by atoms with van der Waals surface area (Å²) in [4.78, 5) is 22.7. The second-order valence-electron chi connectivity index (χ2n) is 7.61. The van der Waals surface area contributed by atoms with E-state index in [-0.39, 0.29) is 11.7 Å². The summed E-state index contributed by atoms with van der Waals surface area (Å²) < 4.78 is 13.0. The first-order valence-electron chi connectivity index (χ1n) is 10.6. The van der Waals surface area contributed by atoms with Gasteiger partial charge < -0.3 is 5.32 Å². The van der Waals surface area contributed by atoms with Crippen LogP contribution in [0.2, 0.25) is 0 Å². The van der Waals surface area contributed by atoms with E-state index in [1.807, 2.05) is 18.2 Å².